The largest absolute Gasteiger partial charge is 0.497 e. The maximum Gasteiger partial charge on any atom is 0.160 e. The molecule has 1 aromatic carbocycles. The molecule has 0 N–H and O–H groups in total. The summed E-state index contributed by atoms with van der Waals surface area (Å²) in [4.78, 5) is 10.4. The van der Waals surface area contributed by atoms with Crippen molar-refractivity contribution in [2.45, 2.75) is 0 Å². The van der Waals surface area contributed by atoms with E-state index in [0.717, 1.165) is 11.3 Å². The molecule has 0 aliphatic carbocycles. The Labute approximate surface area is 77.8 Å². The van der Waals surface area contributed by atoms with Crippen LogP contribution in [0.4, 0.5) is 0 Å². The zero-order chi connectivity index (χ0) is 9.68. The van der Waals surface area contributed by atoms with E-state index in [4.69, 9.17) is 11.7 Å². The molecule has 0 atom stereocenters. The van der Waals surface area contributed by atoms with Gasteiger partial charge in [-0.1, -0.05) is 18.2 Å². The number of ether oxygens (including phenoxy) is 1. The quantitative estimate of drug-likeness (QED) is 0.655. The van der Waals surface area contributed by atoms with Crippen molar-refractivity contribution in [3.8, 4) is 5.75 Å². The third-order valence-electron chi connectivity index (χ3n) is 1.53. The highest BCUT2D eigenvalue weighted by atomic mass is 16.5. The highest BCUT2D eigenvalue weighted by Crippen LogP contribution is 2.13. The minimum Gasteiger partial charge on any atom is -0.497 e. The molecule has 0 aliphatic rings. The summed E-state index contributed by atoms with van der Waals surface area (Å²) in [7, 11) is 1.59. The number of methoxy groups -OCH3 is 1. The average Bonchev–Trinajstić information content (AvgIpc) is 2.15. The summed E-state index contributed by atoms with van der Waals surface area (Å²) in [5, 5.41) is 0. The number of rotatable bonds is 3. The molecule has 2 heteroatoms. The summed E-state index contributed by atoms with van der Waals surface area (Å²) in [5.74, 6) is 0.300. The van der Waals surface area contributed by atoms with Gasteiger partial charge in [-0.25, -0.2) is 0 Å². The maximum atomic E-state index is 10.4. The SMILES string of the molecule is [CH]C(=O)/C=C/c1cccc(OC)c1. The van der Waals surface area contributed by atoms with Crippen LogP contribution in [-0.4, -0.2) is 12.9 Å². The van der Waals surface area contributed by atoms with E-state index >= 15 is 0 Å². The molecular weight excluding hydrogens is 164 g/mol. The summed E-state index contributed by atoms with van der Waals surface area (Å²) in [6.45, 7) is 4.95. The van der Waals surface area contributed by atoms with Crippen LogP contribution in [0, 0.1) is 6.92 Å². The van der Waals surface area contributed by atoms with Gasteiger partial charge in [0.1, 0.15) is 5.75 Å². The summed E-state index contributed by atoms with van der Waals surface area (Å²) in [5.41, 5.74) is 0.887. The molecule has 0 unspecified atom stereocenters. The molecule has 0 bridgehead atoms. The lowest BCUT2D eigenvalue weighted by atomic mass is 10.2. The molecule has 66 valence electrons. The van der Waals surface area contributed by atoms with Crippen LogP contribution < -0.4 is 4.74 Å². The lowest BCUT2D eigenvalue weighted by Gasteiger charge is -1.99. The number of ketones is 1. The summed E-state index contributed by atoms with van der Waals surface area (Å²) >= 11 is 0. The van der Waals surface area contributed by atoms with Crippen LogP contribution in [0.3, 0.4) is 0 Å². The second-order valence-corrected chi connectivity index (χ2v) is 2.51. The van der Waals surface area contributed by atoms with Gasteiger partial charge in [0.05, 0.1) is 7.11 Å². The van der Waals surface area contributed by atoms with E-state index in [1.807, 2.05) is 24.3 Å². The molecule has 0 saturated heterocycles. The van der Waals surface area contributed by atoms with Crippen molar-refractivity contribution in [1.29, 1.82) is 0 Å². The standard InChI is InChI=1S/C11H10O2/c1-9(12)6-7-10-4-3-5-11(8-10)13-2/h1,3-8H,2H3/b7-6+. The Bertz CT molecular complexity index is 327. The van der Waals surface area contributed by atoms with Crippen molar-refractivity contribution in [2.24, 2.45) is 0 Å². The second-order valence-electron chi connectivity index (χ2n) is 2.51. The van der Waals surface area contributed by atoms with Crippen molar-refractivity contribution < 1.29 is 9.53 Å². The van der Waals surface area contributed by atoms with E-state index in [1.54, 1.807) is 13.2 Å². The first-order valence-corrected chi connectivity index (χ1v) is 3.84. The Hall–Kier alpha value is -1.57. The van der Waals surface area contributed by atoms with Gasteiger partial charge in [-0.05, 0) is 23.8 Å². The monoisotopic (exact) mass is 174 g/mol. The molecule has 13 heavy (non-hydrogen) atoms. The topological polar surface area (TPSA) is 26.3 Å². The minimum absolute atomic E-state index is 0.456. The molecule has 2 nitrogen and oxygen atoms in total. The first kappa shape index (κ1) is 9.52. The molecule has 0 saturated carbocycles. The molecule has 2 radical (unpaired) electrons. The van der Waals surface area contributed by atoms with Crippen molar-refractivity contribution in [3.05, 3.63) is 42.8 Å². The van der Waals surface area contributed by atoms with Crippen molar-refractivity contribution in [3.63, 3.8) is 0 Å². The fourth-order valence-electron chi connectivity index (χ4n) is 0.924. The zero-order valence-electron chi connectivity index (χ0n) is 7.36. The predicted molar refractivity (Wildman–Crippen MR) is 51.3 cm³/mol. The number of carbonyl (C=O) groups is 1. The van der Waals surface area contributed by atoms with E-state index in [0.29, 0.717) is 0 Å². The van der Waals surface area contributed by atoms with Crippen molar-refractivity contribution in [2.75, 3.05) is 7.11 Å². The number of hydrogen-bond donors (Lipinski definition) is 0. The fraction of sp³-hybridized carbons (Fsp3) is 0.0909. The first-order chi connectivity index (χ1) is 6.22. The number of hydrogen-bond acceptors (Lipinski definition) is 2. The zero-order valence-corrected chi connectivity index (χ0v) is 7.36. The Balaban J connectivity index is 2.83. The normalized spacial score (nSPS) is 10.3. The number of allylic oxidation sites excluding steroid dienone is 1. The van der Waals surface area contributed by atoms with Crippen LogP contribution in [0.5, 0.6) is 5.75 Å². The highest BCUT2D eigenvalue weighted by molar-refractivity contribution is 5.96. The summed E-state index contributed by atoms with van der Waals surface area (Å²) < 4.78 is 5.01. The molecular formula is C11H10O2. The van der Waals surface area contributed by atoms with Crippen LogP contribution in [0.25, 0.3) is 6.08 Å². The lowest BCUT2D eigenvalue weighted by molar-refractivity contribution is -0.110. The Morgan fingerprint density at radius 1 is 1.54 bits per heavy atom. The predicted octanol–water partition coefficient (Wildman–Crippen LogP) is 1.99. The van der Waals surface area contributed by atoms with Gasteiger partial charge in [-0.3, -0.25) is 4.79 Å². The molecule has 0 amide bonds. The Morgan fingerprint density at radius 2 is 2.31 bits per heavy atom. The van der Waals surface area contributed by atoms with E-state index in [2.05, 4.69) is 0 Å². The van der Waals surface area contributed by atoms with Gasteiger partial charge in [-0.2, -0.15) is 0 Å². The first-order valence-electron chi connectivity index (χ1n) is 3.84. The molecule has 0 spiro atoms. The van der Waals surface area contributed by atoms with E-state index < -0.39 is 5.78 Å². The van der Waals surface area contributed by atoms with Crippen LogP contribution in [0.1, 0.15) is 5.56 Å². The van der Waals surface area contributed by atoms with E-state index in [9.17, 15) is 4.79 Å². The third kappa shape index (κ3) is 3.11. The number of benzene rings is 1. The van der Waals surface area contributed by atoms with Crippen molar-refractivity contribution >= 4 is 11.9 Å². The smallest absolute Gasteiger partial charge is 0.160 e. The van der Waals surface area contributed by atoms with Gasteiger partial charge in [-0.15, -0.1) is 0 Å². The van der Waals surface area contributed by atoms with Crippen LogP contribution >= 0.6 is 0 Å². The minimum atomic E-state index is -0.456. The van der Waals surface area contributed by atoms with Gasteiger partial charge >= 0.3 is 0 Å². The van der Waals surface area contributed by atoms with Crippen LogP contribution in [0.15, 0.2) is 30.3 Å². The van der Waals surface area contributed by atoms with Crippen molar-refractivity contribution in [1.82, 2.24) is 0 Å². The van der Waals surface area contributed by atoms with Gasteiger partial charge in [0.25, 0.3) is 0 Å². The van der Waals surface area contributed by atoms with Gasteiger partial charge in [0, 0.05) is 6.92 Å². The molecule has 1 aromatic rings. The maximum absolute atomic E-state index is 10.4. The molecule has 0 fully saturated rings. The number of carbonyl (C=O) groups excluding carboxylic acids is 1. The fourth-order valence-corrected chi connectivity index (χ4v) is 0.924. The molecule has 1 rings (SSSR count). The third-order valence-corrected chi connectivity index (χ3v) is 1.53. The second kappa shape index (κ2) is 4.45. The van der Waals surface area contributed by atoms with Crippen LogP contribution in [0.2, 0.25) is 0 Å². The summed E-state index contributed by atoms with van der Waals surface area (Å²) in [6.07, 6.45) is 2.96. The lowest BCUT2D eigenvalue weighted by Crippen LogP contribution is -1.83. The molecule has 0 aromatic heterocycles. The average molecular weight is 174 g/mol. The Morgan fingerprint density at radius 3 is 2.92 bits per heavy atom. The molecule has 0 aliphatic heterocycles. The highest BCUT2D eigenvalue weighted by Gasteiger charge is 1.91. The Kier molecular flexibility index (Phi) is 3.26. The van der Waals surface area contributed by atoms with Gasteiger partial charge < -0.3 is 4.74 Å². The summed E-state index contributed by atoms with van der Waals surface area (Å²) in [6, 6.07) is 7.36. The molecule has 0 heterocycles. The van der Waals surface area contributed by atoms with E-state index in [-0.39, 0.29) is 0 Å². The van der Waals surface area contributed by atoms with E-state index in [1.165, 1.54) is 6.08 Å². The van der Waals surface area contributed by atoms with Gasteiger partial charge in [0.15, 0.2) is 5.78 Å². The van der Waals surface area contributed by atoms with Gasteiger partial charge in [0.2, 0.25) is 0 Å². The van der Waals surface area contributed by atoms with Crippen LogP contribution in [-0.2, 0) is 4.79 Å².